The van der Waals surface area contributed by atoms with Crippen molar-refractivity contribution in [2.24, 2.45) is 0 Å². The molecule has 2 rings (SSSR count). The van der Waals surface area contributed by atoms with Crippen LogP contribution in [-0.4, -0.2) is 21.7 Å². The zero-order valence-corrected chi connectivity index (χ0v) is 11.1. The summed E-state index contributed by atoms with van der Waals surface area (Å²) in [5.41, 5.74) is 0.929. The zero-order chi connectivity index (χ0) is 13.2. The van der Waals surface area contributed by atoms with Gasteiger partial charge in [-0.05, 0) is 37.8 Å². The first kappa shape index (κ1) is 13.0. The minimum atomic E-state index is -0.394. The third-order valence-corrected chi connectivity index (χ3v) is 3.55. The van der Waals surface area contributed by atoms with E-state index in [0.717, 1.165) is 11.9 Å². The smallest absolute Gasteiger partial charge is 0.0688 e. The van der Waals surface area contributed by atoms with Crippen LogP contribution < -0.4 is 5.32 Å². The number of hydrogen-bond donors (Lipinski definition) is 2. The first-order valence-corrected chi connectivity index (χ1v) is 6.25. The van der Waals surface area contributed by atoms with Crippen LogP contribution in [0.1, 0.15) is 26.3 Å². The van der Waals surface area contributed by atoms with E-state index in [4.69, 9.17) is 0 Å². The molecule has 0 aliphatic carbocycles. The number of aliphatic hydroxyl groups excluding tert-OH is 1. The largest absolute Gasteiger partial charge is 0.392 e. The fourth-order valence-corrected chi connectivity index (χ4v) is 1.81. The number of rotatable bonds is 4. The lowest BCUT2D eigenvalue weighted by molar-refractivity contribution is 0.0957. The molecular formula is C15H20N2O. The van der Waals surface area contributed by atoms with Gasteiger partial charge in [0.2, 0.25) is 0 Å². The Morgan fingerprint density at radius 2 is 2.11 bits per heavy atom. The quantitative estimate of drug-likeness (QED) is 0.868. The minimum absolute atomic E-state index is 0.296. The van der Waals surface area contributed by atoms with E-state index in [1.807, 2.05) is 38.4 Å². The number of pyridine rings is 1. The normalized spacial score (nSPS) is 13.8. The Balaban J connectivity index is 2.22. The minimum Gasteiger partial charge on any atom is -0.392 e. The second-order valence-electron chi connectivity index (χ2n) is 5.27. The van der Waals surface area contributed by atoms with E-state index in [9.17, 15) is 5.11 Å². The van der Waals surface area contributed by atoms with Crippen LogP contribution in [0, 0.1) is 0 Å². The first-order valence-electron chi connectivity index (χ1n) is 6.25. The Morgan fingerprint density at radius 1 is 1.33 bits per heavy atom. The maximum Gasteiger partial charge on any atom is 0.0688 e. The van der Waals surface area contributed by atoms with Crippen molar-refractivity contribution in [2.45, 2.75) is 39.0 Å². The molecule has 3 nitrogen and oxygen atoms in total. The molecule has 3 heteroatoms. The Bertz CT molecular complexity index is 530. The second kappa shape index (κ2) is 5.04. The predicted octanol–water partition coefficient (Wildman–Crippen LogP) is 2.48. The van der Waals surface area contributed by atoms with Gasteiger partial charge in [0.15, 0.2) is 0 Å². The highest BCUT2D eigenvalue weighted by Gasteiger charge is 2.23. The van der Waals surface area contributed by atoms with E-state index in [1.165, 1.54) is 10.9 Å². The van der Waals surface area contributed by atoms with Gasteiger partial charge >= 0.3 is 0 Å². The van der Waals surface area contributed by atoms with Crippen LogP contribution in [0.25, 0.3) is 10.8 Å². The third kappa shape index (κ3) is 2.68. The molecule has 1 aromatic carbocycles. The van der Waals surface area contributed by atoms with Gasteiger partial charge < -0.3 is 10.4 Å². The molecule has 0 saturated carbocycles. The molecule has 18 heavy (non-hydrogen) atoms. The molecule has 1 atom stereocenters. The average Bonchev–Trinajstić information content (AvgIpc) is 2.36. The fourth-order valence-electron chi connectivity index (χ4n) is 1.81. The number of hydrogen-bond acceptors (Lipinski definition) is 3. The second-order valence-corrected chi connectivity index (χ2v) is 5.27. The molecule has 0 bridgehead atoms. The molecular weight excluding hydrogens is 224 g/mol. The van der Waals surface area contributed by atoms with Crippen molar-refractivity contribution >= 4 is 10.8 Å². The maximum atomic E-state index is 9.70. The lowest BCUT2D eigenvalue weighted by atomic mass is 9.97. The van der Waals surface area contributed by atoms with Gasteiger partial charge in [0.05, 0.1) is 6.10 Å². The highest BCUT2D eigenvalue weighted by Crippen LogP contribution is 2.18. The van der Waals surface area contributed by atoms with Gasteiger partial charge in [-0.25, -0.2) is 0 Å². The number of aromatic nitrogens is 1. The fraction of sp³-hybridized carbons (Fsp3) is 0.400. The van der Waals surface area contributed by atoms with E-state index in [0.29, 0.717) is 0 Å². The average molecular weight is 244 g/mol. The van der Waals surface area contributed by atoms with Crippen molar-refractivity contribution in [3.05, 3.63) is 42.2 Å². The van der Waals surface area contributed by atoms with Gasteiger partial charge in [-0.15, -0.1) is 0 Å². The summed E-state index contributed by atoms with van der Waals surface area (Å²) in [5.74, 6) is 0. The van der Waals surface area contributed by atoms with Gasteiger partial charge in [-0.2, -0.15) is 0 Å². The van der Waals surface area contributed by atoms with Gasteiger partial charge in [0.25, 0.3) is 0 Å². The summed E-state index contributed by atoms with van der Waals surface area (Å²) < 4.78 is 0. The number of fused-ring (bicyclic) bond motifs is 1. The molecule has 2 N–H and O–H groups in total. The van der Waals surface area contributed by atoms with Crippen LogP contribution in [-0.2, 0) is 6.54 Å². The molecule has 0 saturated heterocycles. The van der Waals surface area contributed by atoms with Crippen molar-refractivity contribution in [1.29, 1.82) is 0 Å². The van der Waals surface area contributed by atoms with E-state index in [1.54, 1.807) is 6.92 Å². The Hall–Kier alpha value is -1.45. The summed E-state index contributed by atoms with van der Waals surface area (Å²) in [5, 5.41) is 15.5. The van der Waals surface area contributed by atoms with E-state index >= 15 is 0 Å². The van der Waals surface area contributed by atoms with Gasteiger partial charge in [-0.3, -0.25) is 4.98 Å². The summed E-state index contributed by atoms with van der Waals surface area (Å²) in [6.07, 6.45) is 3.29. The topological polar surface area (TPSA) is 45.1 Å². The number of nitrogens with zero attached hydrogens (tertiary/aromatic N) is 1. The summed E-state index contributed by atoms with van der Waals surface area (Å²) in [7, 11) is 0. The van der Waals surface area contributed by atoms with Crippen LogP contribution in [0.15, 0.2) is 36.7 Å². The zero-order valence-electron chi connectivity index (χ0n) is 11.1. The summed E-state index contributed by atoms with van der Waals surface area (Å²) in [4.78, 5) is 4.13. The maximum absolute atomic E-state index is 9.70. The van der Waals surface area contributed by atoms with Crippen molar-refractivity contribution in [2.75, 3.05) is 0 Å². The number of aliphatic hydroxyl groups is 1. The molecule has 1 aromatic heterocycles. The number of nitrogens with one attached hydrogen (secondary N) is 1. The molecule has 2 aromatic rings. The van der Waals surface area contributed by atoms with Crippen LogP contribution in [0.2, 0.25) is 0 Å². The summed E-state index contributed by atoms with van der Waals surface area (Å²) >= 11 is 0. The lowest BCUT2D eigenvalue weighted by Gasteiger charge is -2.29. The molecule has 0 spiro atoms. The van der Waals surface area contributed by atoms with Crippen LogP contribution >= 0.6 is 0 Å². The first-order chi connectivity index (χ1) is 8.50. The Morgan fingerprint density at radius 3 is 2.83 bits per heavy atom. The van der Waals surface area contributed by atoms with Crippen LogP contribution in [0.3, 0.4) is 0 Å². The van der Waals surface area contributed by atoms with Gasteiger partial charge in [-0.1, -0.05) is 18.2 Å². The highest BCUT2D eigenvalue weighted by atomic mass is 16.3. The molecule has 0 radical (unpaired) electrons. The SMILES string of the molecule is CC(O)C(C)(C)NCc1cccc2cnccc12. The Labute approximate surface area is 108 Å². The van der Waals surface area contributed by atoms with E-state index in [2.05, 4.69) is 22.4 Å². The molecule has 0 amide bonds. The van der Waals surface area contributed by atoms with E-state index in [-0.39, 0.29) is 5.54 Å². The van der Waals surface area contributed by atoms with Crippen LogP contribution in [0.5, 0.6) is 0 Å². The lowest BCUT2D eigenvalue weighted by Crippen LogP contribution is -2.47. The summed E-state index contributed by atoms with van der Waals surface area (Å²) in [6.45, 7) is 6.55. The predicted molar refractivity (Wildman–Crippen MR) is 74.3 cm³/mol. The molecule has 0 aliphatic heterocycles. The van der Waals surface area contributed by atoms with Gasteiger partial charge in [0, 0.05) is 29.9 Å². The monoisotopic (exact) mass is 244 g/mol. The van der Waals surface area contributed by atoms with Crippen molar-refractivity contribution in [3.63, 3.8) is 0 Å². The molecule has 1 unspecified atom stereocenters. The third-order valence-electron chi connectivity index (χ3n) is 3.55. The van der Waals surface area contributed by atoms with Crippen molar-refractivity contribution in [1.82, 2.24) is 10.3 Å². The van der Waals surface area contributed by atoms with Crippen LogP contribution in [0.4, 0.5) is 0 Å². The standard InChI is InChI=1S/C15H20N2O/c1-11(18)15(2,3)17-10-13-6-4-5-12-9-16-8-7-14(12)13/h4-9,11,17-18H,10H2,1-3H3. The molecule has 0 aliphatic rings. The van der Waals surface area contributed by atoms with Gasteiger partial charge in [0.1, 0.15) is 0 Å². The molecule has 0 fully saturated rings. The number of benzene rings is 1. The van der Waals surface area contributed by atoms with E-state index < -0.39 is 6.10 Å². The Kier molecular flexibility index (Phi) is 3.64. The summed E-state index contributed by atoms with van der Waals surface area (Å²) in [6, 6.07) is 8.23. The molecule has 96 valence electrons. The highest BCUT2D eigenvalue weighted by molar-refractivity contribution is 5.84. The van der Waals surface area contributed by atoms with Crippen molar-refractivity contribution in [3.8, 4) is 0 Å². The molecule has 1 heterocycles. The van der Waals surface area contributed by atoms with Crippen molar-refractivity contribution < 1.29 is 5.11 Å².